The number of unbranched alkanes of at least 4 members (excludes halogenated alkanes) is 5. The predicted molar refractivity (Wildman–Crippen MR) is 141 cm³/mol. The van der Waals surface area contributed by atoms with E-state index in [9.17, 15) is 0 Å². The van der Waals surface area contributed by atoms with Crippen molar-refractivity contribution < 1.29 is 12.4 Å². The first-order valence-corrected chi connectivity index (χ1v) is 14.2. The summed E-state index contributed by atoms with van der Waals surface area (Å²) < 4.78 is 0. The summed E-state index contributed by atoms with van der Waals surface area (Å²) in [6.07, 6.45) is 13.8. The lowest BCUT2D eigenvalue weighted by Gasteiger charge is -2.26. The molecule has 0 spiro atoms. The Balaban J connectivity index is 0.00000341. The van der Waals surface area contributed by atoms with Crippen LogP contribution in [0.4, 0.5) is 0 Å². The maximum atomic E-state index is 3.52. The largest absolute Gasteiger partial charge is 1.00 e. The van der Waals surface area contributed by atoms with Crippen LogP contribution < -0.4 is 28.3 Å². The minimum absolute atomic E-state index is 0. The molecule has 0 saturated heterocycles. The number of hydrogen-bond acceptors (Lipinski definition) is 0. The highest BCUT2D eigenvalue weighted by atomic mass is 79.9. The molecule has 164 valence electrons. The van der Waals surface area contributed by atoms with Crippen LogP contribution in [0.25, 0.3) is 0 Å². The number of allylic oxidation sites excluding steroid dienone is 2. The molecule has 3 aromatic carbocycles. The maximum absolute atomic E-state index is 3.52. The van der Waals surface area contributed by atoms with Gasteiger partial charge in [0.15, 0.2) is 0 Å². The van der Waals surface area contributed by atoms with Crippen LogP contribution in [0.1, 0.15) is 38.5 Å². The number of halogens is 2. The molecule has 0 nitrogen and oxygen atoms in total. The Bertz CT molecular complexity index is 769. The van der Waals surface area contributed by atoms with Crippen LogP contribution in [0.15, 0.2) is 103 Å². The fraction of sp³-hybridized carbons (Fsp3) is 0.286. The molecule has 0 fully saturated rings. The van der Waals surface area contributed by atoms with Crippen molar-refractivity contribution in [3.8, 4) is 0 Å². The van der Waals surface area contributed by atoms with Crippen molar-refractivity contribution in [1.82, 2.24) is 0 Å². The zero-order chi connectivity index (χ0) is 20.9. The summed E-state index contributed by atoms with van der Waals surface area (Å²) in [6.45, 7) is 0. The molecule has 0 bridgehead atoms. The first-order chi connectivity index (χ1) is 14.9. The Morgan fingerprint density at radius 2 is 0.968 bits per heavy atom. The summed E-state index contributed by atoms with van der Waals surface area (Å²) >= 11 is 3.52. The first-order valence-electron chi connectivity index (χ1n) is 11.1. The van der Waals surface area contributed by atoms with Crippen molar-refractivity contribution in [2.24, 2.45) is 0 Å². The molecule has 0 aromatic heterocycles. The van der Waals surface area contributed by atoms with Crippen molar-refractivity contribution in [3.05, 3.63) is 103 Å². The van der Waals surface area contributed by atoms with Crippen LogP contribution in [0.3, 0.4) is 0 Å². The molecule has 0 heterocycles. The highest BCUT2D eigenvalue weighted by Crippen LogP contribution is 2.55. The van der Waals surface area contributed by atoms with Crippen LogP contribution in [0.2, 0.25) is 0 Å². The maximum Gasteiger partial charge on any atom is 0.115 e. The van der Waals surface area contributed by atoms with Gasteiger partial charge in [0.25, 0.3) is 0 Å². The minimum Gasteiger partial charge on any atom is -1.00 e. The molecule has 3 heteroatoms. The third-order valence-electron chi connectivity index (χ3n) is 5.64. The number of benzene rings is 3. The van der Waals surface area contributed by atoms with Gasteiger partial charge in [-0.15, -0.1) is 0 Å². The second-order valence-corrected chi connectivity index (χ2v) is 12.0. The van der Waals surface area contributed by atoms with E-state index in [0.29, 0.717) is 0 Å². The minimum atomic E-state index is -1.72. The van der Waals surface area contributed by atoms with Gasteiger partial charge in [-0.2, -0.15) is 0 Å². The summed E-state index contributed by atoms with van der Waals surface area (Å²) in [5.41, 5.74) is 0. The zero-order valence-electron chi connectivity index (χ0n) is 18.2. The third kappa shape index (κ3) is 7.31. The topological polar surface area (TPSA) is 0 Å². The Morgan fingerprint density at radius 3 is 1.42 bits per heavy atom. The molecule has 0 N–H and O–H groups in total. The van der Waals surface area contributed by atoms with Crippen molar-refractivity contribution in [1.29, 1.82) is 0 Å². The van der Waals surface area contributed by atoms with Crippen molar-refractivity contribution in [3.63, 3.8) is 0 Å². The van der Waals surface area contributed by atoms with E-state index in [4.69, 9.17) is 0 Å². The Labute approximate surface area is 204 Å². The van der Waals surface area contributed by atoms with E-state index in [-0.39, 0.29) is 12.4 Å². The van der Waals surface area contributed by atoms with Gasteiger partial charge in [0.2, 0.25) is 0 Å². The predicted octanol–water partition coefficient (Wildman–Crippen LogP) is 4.28. The van der Waals surface area contributed by atoms with E-state index in [1.165, 1.54) is 54.4 Å². The van der Waals surface area contributed by atoms with Crippen LogP contribution in [0, 0.1) is 0 Å². The molecule has 3 aromatic rings. The van der Waals surface area contributed by atoms with Gasteiger partial charge in [0, 0.05) is 5.33 Å². The van der Waals surface area contributed by atoms with Crippen LogP contribution in [-0.2, 0) is 0 Å². The number of rotatable bonds is 12. The van der Waals surface area contributed by atoms with E-state index >= 15 is 0 Å². The zero-order valence-corrected chi connectivity index (χ0v) is 21.4. The van der Waals surface area contributed by atoms with Gasteiger partial charge in [0.05, 0.1) is 6.16 Å². The van der Waals surface area contributed by atoms with Crippen molar-refractivity contribution >= 4 is 39.1 Å². The molecule has 0 amide bonds. The normalized spacial score (nSPS) is 11.4. The van der Waals surface area contributed by atoms with Gasteiger partial charge in [-0.1, -0.05) is 102 Å². The van der Waals surface area contributed by atoms with Gasteiger partial charge in [-0.05, 0) is 55.7 Å². The van der Waals surface area contributed by atoms with Crippen molar-refractivity contribution in [2.75, 3.05) is 11.5 Å². The Morgan fingerprint density at radius 1 is 0.548 bits per heavy atom. The van der Waals surface area contributed by atoms with E-state index in [0.717, 1.165) is 11.5 Å². The summed E-state index contributed by atoms with van der Waals surface area (Å²) in [5, 5.41) is 5.52. The molecule has 31 heavy (non-hydrogen) atoms. The average molecular weight is 516 g/mol. The van der Waals surface area contributed by atoms with Crippen LogP contribution in [0.5, 0.6) is 0 Å². The molecule has 0 unspecified atom stereocenters. The molecular weight excluding hydrogens is 483 g/mol. The lowest BCUT2D eigenvalue weighted by Crippen LogP contribution is -3.00. The van der Waals surface area contributed by atoms with Gasteiger partial charge in [0.1, 0.15) is 23.2 Å². The smallest absolute Gasteiger partial charge is 0.115 e. The van der Waals surface area contributed by atoms with Crippen molar-refractivity contribution in [2.45, 2.75) is 38.5 Å². The molecule has 0 radical (unpaired) electrons. The summed E-state index contributed by atoms with van der Waals surface area (Å²) in [7, 11) is -1.72. The average Bonchev–Trinajstić information content (AvgIpc) is 2.82. The van der Waals surface area contributed by atoms with Crippen LogP contribution in [-0.4, -0.2) is 11.5 Å². The van der Waals surface area contributed by atoms with E-state index in [1.54, 1.807) is 0 Å². The van der Waals surface area contributed by atoms with E-state index < -0.39 is 7.26 Å². The second-order valence-electron chi connectivity index (χ2n) is 7.72. The van der Waals surface area contributed by atoms with Gasteiger partial charge < -0.3 is 12.4 Å². The SMILES string of the molecule is BrCCCCCCCC=CC[P+](c1ccccc1)(c1ccccc1)c1ccccc1.[Cl-]. The standard InChI is InChI=1S/C28H33BrP.ClH/c29-24-16-5-3-1-2-4-6-17-25-30(26-18-10-7-11-19-26,27-20-12-8-13-21-27)28-22-14-9-15-23-28;/h6-15,17-23H,1-5,16,24-25H2;1H/q+1;/p-1. The number of hydrogen-bond donors (Lipinski definition) is 0. The highest BCUT2D eigenvalue weighted by molar-refractivity contribution is 9.09. The van der Waals surface area contributed by atoms with E-state index in [1.807, 2.05) is 0 Å². The lowest BCUT2D eigenvalue weighted by atomic mass is 10.1. The summed E-state index contributed by atoms with van der Waals surface area (Å²) in [4.78, 5) is 0. The molecule has 0 aliphatic carbocycles. The highest BCUT2D eigenvalue weighted by Gasteiger charge is 2.43. The molecule has 0 aliphatic heterocycles. The van der Waals surface area contributed by atoms with Gasteiger partial charge >= 0.3 is 0 Å². The monoisotopic (exact) mass is 514 g/mol. The first kappa shape index (κ1) is 25.9. The van der Waals surface area contributed by atoms with Gasteiger partial charge in [-0.25, -0.2) is 0 Å². The molecule has 3 rings (SSSR count). The lowest BCUT2D eigenvalue weighted by molar-refractivity contribution is -0.00000585. The summed E-state index contributed by atoms with van der Waals surface area (Å²) in [6, 6.07) is 33.4. The second kappa shape index (κ2) is 14.6. The van der Waals surface area contributed by atoms with E-state index in [2.05, 4.69) is 119 Å². The number of alkyl halides is 1. The third-order valence-corrected chi connectivity index (χ3v) is 10.5. The Kier molecular flexibility index (Phi) is 12.2. The molecule has 0 aliphatic rings. The quantitative estimate of drug-likeness (QED) is 0.146. The fourth-order valence-corrected chi connectivity index (χ4v) is 8.48. The van der Waals surface area contributed by atoms with Crippen LogP contribution >= 0.6 is 23.2 Å². The van der Waals surface area contributed by atoms with Gasteiger partial charge in [-0.3, -0.25) is 0 Å². The molecule has 0 atom stereocenters. The molecule has 0 saturated carbocycles. The Hall–Kier alpha value is -1.40. The summed E-state index contributed by atoms with van der Waals surface area (Å²) in [5.74, 6) is 0. The molecular formula is C28H33BrClP. The fourth-order valence-electron chi connectivity index (χ4n) is 4.05.